The molecule has 4 rings (SSSR count). The molecule has 2 unspecified atom stereocenters. The molecule has 0 aromatic heterocycles. The van der Waals surface area contributed by atoms with Crippen molar-refractivity contribution in [2.45, 2.75) is 12.1 Å². The van der Waals surface area contributed by atoms with E-state index in [0.717, 1.165) is 4.90 Å². The highest BCUT2D eigenvalue weighted by atomic mass is 35.5. The maximum absolute atomic E-state index is 12.9. The number of rotatable bonds is 5. The van der Waals surface area contributed by atoms with Crippen LogP contribution in [0.15, 0.2) is 58.9 Å². The SMILES string of the molecule is COc1cccc(NC(=O)CN2N=NC3C(=O)N(c4ccc(Cl)cc4)C(=O)C32)c1. The van der Waals surface area contributed by atoms with E-state index in [1.807, 2.05) is 0 Å². The van der Waals surface area contributed by atoms with E-state index >= 15 is 0 Å². The van der Waals surface area contributed by atoms with Gasteiger partial charge in [-0.15, -0.1) is 0 Å². The number of nitrogens with zero attached hydrogens (tertiary/aromatic N) is 4. The fourth-order valence-corrected chi connectivity index (χ4v) is 3.37. The summed E-state index contributed by atoms with van der Waals surface area (Å²) in [5, 5.41) is 12.2. The van der Waals surface area contributed by atoms with Crippen LogP contribution in [-0.2, 0) is 14.4 Å². The van der Waals surface area contributed by atoms with Crippen LogP contribution in [-0.4, -0.2) is 48.5 Å². The predicted molar refractivity (Wildman–Crippen MR) is 105 cm³/mol. The average molecular weight is 414 g/mol. The lowest BCUT2D eigenvalue weighted by Gasteiger charge is -2.20. The van der Waals surface area contributed by atoms with Crippen LogP contribution in [0, 0.1) is 0 Å². The second kappa shape index (κ2) is 7.51. The molecule has 0 spiro atoms. The van der Waals surface area contributed by atoms with Gasteiger partial charge in [0.15, 0.2) is 12.1 Å². The minimum Gasteiger partial charge on any atom is -0.497 e. The van der Waals surface area contributed by atoms with Crippen molar-refractivity contribution in [3.05, 3.63) is 53.6 Å². The van der Waals surface area contributed by atoms with Gasteiger partial charge in [-0.05, 0) is 36.4 Å². The molecule has 148 valence electrons. The number of imide groups is 1. The van der Waals surface area contributed by atoms with Crippen LogP contribution in [0.1, 0.15) is 0 Å². The van der Waals surface area contributed by atoms with Gasteiger partial charge >= 0.3 is 0 Å². The second-order valence-corrected chi connectivity index (χ2v) is 6.90. The maximum atomic E-state index is 12.9. The lowest BCUT2D eigenvalue weighted by Crippen LogP contribution is -2.43. The first kappa shape index (κ1) is 18.9. The number of fused-ring (bicyclic) bond motifs is 1. The van der Waals surface area contributed by atoms with Crippen molar-refractivity contribution >= 4 is 40.7 Å². The molecule has 2 aliphatic heterocycles. The highest BCUT2D eigenvalue weighted by Crippen LogP contribution is 2.32. The summed E-state index contributed by atoms with van der Waals surface area (Å²) in [5.74, 6) is -0.773. The maximum Gasteiger partial charge on any atom is 0.263 e. The summed E-state index contributed by atoms with van der Waals surface area (Å²) >= 11 is 5.87. The van der Waals surface area contributed by atoms with E-state index in [0.29, 0.717) is 22.1 Å². The Hall–Kier alpha value is -3.46. The summed E-state index contributed by atoms with van der Waals surface area (Å²) in [6.45, 7) is -0.227. The van der Waals surface area contributed by atoms with Crippen molar-refractivity contribution in [1.29, 1.82) is 0 Å². The van der Waals surface area contributed by atoms with Crippen LogP contribution < -0.4 is 15.0 Å². The predicted octanol–water partition coefficient (Wildman–Crippen LogP) is 2.28. The molecule has 2 heterocycles. The zero-order chi connectivity index (χ0) is 20.5. The van der Waals surface area contributed by atoms with E-state index < -0.39 is 29.8 Å². The van der Waals surface area contributed by atoms with Gasteiger partial charge in [0.25, 0.3) is 11.8 Å². The summed E-state index contributed by atoms with van der Waals surface area (Å²) in [5.41, 5.74) is 0.938. The molecule has 0 bridgehead atoms. The van der Waals surface area contributed by atoms with Gasteiger partial charge in [-0.3, -0.25) is 19.4 Å². The minimum atomic E-state index is -0.970. The van der Waals surface area contributed by atoms with E-state index in [-0.39, 0.29) is 6.54 Å². The average Bonchev–Trinajstić information content (AvgIpc) is 3.23. The fourth-order valence-electron chi connectivity index (χ4n) is 3.25. The number of anilines is 2. The van der Waals surface area contributed by atoms with Gasteiger partial charge in [-0.25, -0.2) is 4.90 Å². The fraction of sp³-hybridized carbons (Fsp3) is 0.211. The number of amides is 3. The third-order valence-corrected chi connectivity index (χ3v) is 4.85. The quantitative estimate of drug-likeness (QED) is 0.757. The Bertz CT molecular complexity index is 1010. The third-order valence-electron chi connectivity index (χ3n) is 4.60. The lowest BCUT2D eigenvalue weighted by atomic mass is 10.1. The first-order valence-electron chi connectivity index (χ1n) is 8.72. The number of hydrogen-bond donors (Lipinski definition) is 1. The Morgan fingerprint density at radius 1 is 1.17 bits per heavy atom. The van der Waals surface area contributed by atoms with Gasteiger partial charge in [-0.1, -0.05) is 22.9 Å². The van der Waals surface area contributed by atoms with Crippen LogP contribution in [0.25, 0.3) is 0 Å². The number of hydrogen-bond acceptors (Lipinski definition) is 7. The molecule has 1 N–H and O–H groups in total. The van der Waals surface area contributed by atoms with E-state index in [4.69, 9.17) is 16.3 Å². The van der Waals surface area contributed by atoms with E-state index in [9.17, 15) is 14.4 Å². The van der Waals surface area contributed by atoms with Gasteiger partial charge < -0.3 is 10.1 Å². The summed E-state index contributed by atoms with van der Waals surface area (Å²) in [7, 11) is 1.53. The number of halogens is 1. The number of methoxy groups -OCH3 is 1. The van der Waals surface area contributed by atoms with Crippen LogP contribution in [0.3, 0.4) is 0 Å². The highest BCUT2D eigenvalue weighted by Gasteiger charge is 2.55. The number of nitrogens with one attached hydrogen (secondary N) is 1. The Balaban J connectivity index is 1.47. The molecule has 0 saturated carbocycles. The Morgan fingerprint density at radius 3 is 2.66 bits per heavy atom. The van der Waals surface area contributed by atoms with Gasteiger partial charge in [-0.2, -0.15) is 5.11 Å². The second-order valence-electron chi connectivity index (χ2n) is 6.46. The molecule has 10 heteroatoms. The van der Waals surface area contributed by atoms with E-state index in [2.05, 4.69) is 15.7 Å². The molecule has 9 nitrogen and oxygen atoms in total. The Morgan fingerprint density at radius 2 is 1.93 bits per heavy atom. The topological polar surface area (TPSA) is 104 Å². The largest absolute Gasteiger partial charge is 0.497 e. The van der Waals surface area contributed by atoms with Crippen LogP contribution in [0.5, 0.6) is 5.75 Å². The number of carbonyl (C=O) groups excluding carboxylic acids is 3. The first-order chi connectivity index (χ1) is 14.0. The highest BCUT2D eigenvalue weighted by molar-refractivity contribution is 6.31. The van der Waals surface area contributed by atoms with Gasteiger partial charge in [0, 0.05) is 16.8 Å². The summed E-state index contributed by atoms with van der Waals surface area (Å²) in [6.07, 6.45) is 0. The molecule has 3 amide bonds. The summed E-state index contributed by atoms with van der Waals surface area (Å²) in [4.78, 5) is 39.0. The summed E-state index contributed by atoms with van der Waals surface area (Å²) in [6, 6.07) is 11.3. The molecular formula is C19H16ClN5O4. The Kier molecular flexibility index (Phi) is 4.89. The summed E-state index contributed by atoms with van der Waals surface area (Å²) < 4.78 is 5.12. The van der Waals surface area contributed by atoms with Gasteiger partial charge in [0.2, 0.25) is 5.91 Å². The van der Waals surface area contributed by atoms with Crippen molar-refractivity contribution in [1.82, 2.24) is 5.01 Å². The number of ether oxygens (including phenoxy) is 1. The van der Waals surface area contributed by atoms with Crippen molar-refractivity contribution in [2.24, 2.45) is 10.3 Å². The number of carbonyl (C=O) groups is 3. The van der Waals surface area contributed by atoms with Crippen LogP contribution >= 0.6 is 11.6 Å². The molecular weight excluding hydrogens is 398 g/mol. The van der Waals surface area contributed by atoms with Crippen molar-refractivity contribution in [3.8, 4) is 5.75 Å². The van der Waals surface area contributed by atoms with Crippen molar-refractivity contribution < 1.29 is 19.1 Å². The molecule has 29 heavy (non-hydrogen) atoms. The van der Waals surface area contributed by atoms with Gasteiger partial charge in [0.05, 0.1) is 12.8 Å². The first-order valence-corrected chi connectivity index (χ1v) is 9.10. The van der Waals surface area contributed by atoms with E-state index in [1.54, 1.807) is 48.5 Å². The molecule has 2 atom stereocenters. The van der Waals surface area contributed by atoms with Gasteiger partial charge in [0.1, 0.15) is 12.3 Å². The minimum absolute atomic E-state index is 0.227. The number of benzene rings is 2. The smallest absolute Gasteiger partial charge is 0.263 e. The normalized spacial score (nSPS) is 20.2. The standard InChI is InChI=1S/C19H16ClN5O4/c1-29-14-4-2-3-12(9-14)21-15(26)10-24-17-16(22-23-24)18(27)25(19(17)28)13-7-5-11(20)6-8-13/h2-9,16-17H,10H2,1H3,(H,21,26). The molecule has 1 saturated heterocycles. The van der Waals surface area contributed by atoms with Crippen molar-refractivity contribution in [2.75, 3.05) is 23.9 Å². The van der Waals surface area contributed by atoms with E-state index in [1.165, 1.54) is 12.1 Å². The molecule has 1 fully saturated rings. The molecule has 0 aliphatic carbocycles. The van der Waals surface area contributed by atoms with Crippen molar-refractivity contribution in [3.63, 3.8) is 0 Å². The molecule has 0 radical (unpaired) electrons. The third kappa shape index (κ3) is 3.52. The molecule has 2 aromatic carbocycles. The molecule has 2 aromatic rings. The monoisotopic (exact) mass is 413 g/mol. The Labute approximate surface area is 170 Å². The lowest BCUT2D eigenvalue weighted by molar-refractivity contribution is -0.123. The van der Waals surface area contributed by atoms with Crippen LogP contribution in [0.2, 0.25) is 5.02 Å². The zero-order valence-electron chi connectivity index (χ0n) is 15.3. The molecule has 2 aliphatic rings. The van der Waals surface area contributed by atoms with Crippen LogP contribution in [0.4, 0.5) is 11.4 Å². The zero-order valence-corrected chi connectivity index (χ0v) is 16.0.